The number of hydrogen-bond donors (Lipinski definition) is 0. The van der Waals surface area contributed by atoms with Crippen molar-refractivity contribution in [2.75, 3.05) is 20.1 Å². The number of allylic oxidation sites excluding steroid dienone is 2. The third-order valence-electron chi connectivity index (χ3n) is 9.39. The van der Waals surface area contributed by atoms with Gasteiger partial charge in [-0.2, -0.15) is 13.2 Å². The van der Waals surface area contributed by atoms with E-state index in [0.717, 1.165) is 22.8 Å². The summed E-state index contributed by atoms with van der Waals surface area (Å²) in [4.78, 5) is 33.5. The van der Waals surface area contributed by atoms with Crippen LogP contribution in [0.4, 0.5) is 18.0 Å². The Morgan fingerprint density at radius 1 is 1.05 bits per heavy atom. The zero-order chi connectivity index (χ0) is 31.9. The molecular weight excluding hydrogens is 551 g/mol. The van der Waals surface area contributed by atoms with Gasteiger partial charge in [0.05, 0.1) is 29.1 Å². The standard InChI is InChI=1S/C35H44F3N3O2/c1-9-13-34(14-10-2)21-30-31(29-12-11-23(5)17-24(29)6)41(16-15-40(30)32(34)42)33(43)39(8)25(7)27-18-26(22(3)4)19-28(20-27)35(36,37)38/h9-12,17-20,22,25,30-31H,1-2,13-16,21H2,3-8H3/t25-,30+,31+/m1/s1. The molecule has 3 atom stereocenters. The van der Waals surface area contributed by atoms with E-state index in [1.165, 1.54) is 11.0 Å². The van der Waals surface area contributed by atoms with Crippen LogP contribution in [0.5, 0.6) is 0 Å². The molecule has 0 spiro atoms. The Morgan fingerprint density at radius 3 is 2.23 bits per heavy atom. The molecule has 2 fully saturated rings. The average Bonchev–Trinajstić information content (AvgIpc) is 3.22. The third-order valence-corrected chi connectivity index (χ3v) is 9.39. The van der Waals surface area contributed by atoms with E-state index in [1.54, 1.807) is 32.2 Å². The van der Waals surface area contributed by atoms with Crippen molar-refractivity contribution in [3.05, 3.63) is 95.1 Å². The van der Waals surface area contributed by atoms with Crippen LogP contribution in [-0.4, -0.2) is 52.8 Å². The van der Waals surface area contributed by atoms with E-state index >= 15 is 0 Å². The lowest BCUT2D eigenvalue weighted by Gasteiger charge is -2.47. The number of piperazine rings is 1. The average molecular weight is 596 g/mol. The first-order valence-corrected chi connectivity index (χ1v) is 15.0. The van der Waals surface area contributed by atoms with Crippen LogP contribution >= 0.6 is 0 Å². The summed E-state index contributed by atoms with van der Waals surface area (Å²) in [5.41, 5.74) is 2.72. The lowest BCUT2D eigenvalue weighted by atomic mass is 9.76. The van der Waals surface area contributed by atoms with Gasteiger partial charge in [0, 0.05) is 20.1 Å². The number of carbonyl (C=O) groups is 2. The molecule has 5 nitrogen and oxygen atoms in total. The number of carbonyl (C=O) groups excluding carboxylic acids is 2. The van der Waals surface area contributed by atoms with Gasteiger partial charge < -0.3 is 14.7 Å². The second-order valence-electron chi connectivity index (χ2n) is 12.6. The minimum Gasteiger partial charge on any atom is -0.335 e. The molecule has 4 rings (SSSR count). The van der Waals surface area contributed by atoms with Crippen molar-refractivity contribution >= 4 is 11.9 Å². The van der Waals surface area contributed by atoms with E-state index in [4.69, 9.17) is 0 Å². The molecule has 0 saturated carbocycles. The van der Waals surface area contributed by atoms with Gasteiger partial charge in [0.25, 0.3) is 0 Å². The highest BCUT2D eigenvalue weighted by molar-refractivity contribution is 5.87. The van der Waals surface area contributed by atoms with Gasteiger partial charge in [0.15, 0.2) is 0 Å². The summed E-state index contributed by atoms with van der Waals surface area (Å²) >= 11 is 0. The molecule has 3 amide bonds. The number of urea groups is 1. The number of fused-ring (bicyclic) bond motifs is 1. The van der Waals surface area contributed by atoms with Crippen LogP contribution in [0, 0.1) is 19.3 Å². The van der Waals surface area contributed by atoms with Crippen LogP contribution in [0.3, 0.4) is 0 Å². The molecule has 0 unspecified atom stereocenters. The number of aryl methyl sites for hydroxylation is 2. The maximum Gasteiger partial charge on any atom is 0.416 e. The van der Waals surface area contributed by atoms with E-state index in [1.807, 2.05) is 49.6 Å². The molecule has 43 heavy (non-hydrogen) atoms. The largest absolute Gasteiger partial charge is 0.416 e. The van der Waals surface area contributed by atoms with E-state index in [2.05, 4.69) is 19.2 Å². The minimum atomic E-state index is -4.50. The van der Waals surface area contributed by atoms with Gasteiger partial charge in [-0.15, -0.1) is 13.2 Å². The predicted molar refractivity (Wildman–Crippen MR) is 165 cm³/mol. The highest BCUT2D eigenvalue weighted by Crippen LogP contribution is 2.50. The molecule has 2 aliphatic rings. The molecule has 8 heteroatoms. The van der Waals surface area contributed by atoms with E-state index in [9.17, 15) is 22.8 Å². The molecule has 0 aliphatic carbocycles. The number of rotatable bonds is 8. The Bertz CT molecular complexity index is 1390. The number of benzene rings is 2. The highest BCUT2D eigenvalue weighted by Gasteiger charge is 2.56. The van der Waals surface area contributed by atoms with Crippen LogP contribution in [0.15, 0.2) is 61.7 Å². The number of amides is 3. The number of hydrogen-bond acceptors (Lipinski definition) is 2. The minimum absolute atomic E-state index is 0.0612. The molecule has 2 saturated heterocycles. The van der Waals surface area contributed by atoms with Crippen molar-refractivity contribution < 1.29 is 22.8 Å². The van der Waals surface area contributed by atoms with Gasteiger partial charge >= 0.3 is 12.2 Å². The number of alkyl halides is 3. The Hall–Kier alpha value is -3.55. The van der Waals surface area contributed by atoms with Crippen LogP contribution in [0.25, 0.3) is 0 Å². The fraction of sp³-hybridized carbons (Fsp3) is 0.486. The Morgan fingerprint density at radius 2 is 1.67 bits per heavy atom. The van der Waals surface area contributed by atoms with Gasteiger partial charge in [-0.1, -0.05) is 55.8 Å². The van der Waals surface area contributed by atoms with Crippen molar-refractivity contribution in [2.45, 2.75) is 84.1 Å². The summed E-state index contributed by atoms with van der Waals surface area (Å²) < 4.78 is 41.5. The normalized spacial score (nSPS) is 20.7. The van der Waals surface area contributed by atoms with Crippen molar-refractivity contribution in [1.29, 1.82) is 0 Å². The van der Waals surface area contributed by atoms with Gasteiger partial charge in [-0.3, -0.25) is 4.79 Å². The van der Waals surface area contributed by atoms with Crippen molar-refractivity contribution in [3.63, 3.8) is 0 Å². The van der Waals surface area contributed by atoms with Crippen LogP contribution in [0.1, 0.15) is 91.4 Å². The fourth-order valence-corrected chi connectivity index (χ4v) is 6.90. The predicted octanol–water partition coefficient (Wildman–Crippen LogP) is 8.35. The molecule has 2 aromatic rings. The summed E-state index contributed by atoms with van der Waals surface area (Å²) in [5, 5.41) is 0. The molecule has 232 valence electrons. The van der Waals surface area contributed by atoms with Crippen molar-refractivity contribution in [1.82, 2.24) is 14.7 Å². The molecule has 2 heterocycles. The van der Waals surface area contributed by atoms with Crippen LogP contribution in [0.2, 0.25) is 0 Å². The summed E-state index contributed by atoms with van der Waals surface area (Å²) in [7, 11) is 1.65. The van der Waals surface area contributed by atoms with E-state index in [0.29, 0.717) is 43.5 Å². The summed E-state index contributed by atoms with van der Waals surface area (Å²) in [6.07, 6.45) is 0.656. The van der Waals surface area contributed by atoms with Crippen molar-refractivity contribution in [2.24, 2.45) is 5.41 Å². The highest BCUT2D eigenvalue weighted by atomic mass is 19.4. The first kappa shape index (κ1) is 32.4. The fourth-order valence-electron chi connectivity index (χ4n) is 6.90. The van der Waals surface area contributed by atoms with E-state index in [-0.39, 0.29) is 23.9 Å². The maximum absolute atomic E-state index is 14.4. The summed E-state index contributed by atoms with van der Waals surface area (Å²) in [6.45, 7) is 18.0. The maximum atomic E-state index is 14.4. The Labute approximate surface area is 254 Å². The molecule has 2 aromatic carbocycles. The van der Waals surface area contributed by atoms with Crippen LogP contribution < -0.4 is 0 Å². The van der Waals surface area contributed by atoms with Gasteiger partial charge in [0.1, 0.15) is 0 Å². The molecular formula is C35H44F3N3O2. The van der Waals surface area contributed by atoms with Crippen molar-refractivity contribution in [3.8, 4) is 0 Å². The van der Waals surface area contributed by atoms with Gasteiger partial charge in [-0.25, -0.2) is 4.79 Å². The zero-order valence-electron chi connectivity index (χ0n) is 26.2. The third kappa shape index (κ3) is 6.11. The zero-order valence-corrected chi connectivity index (χ0v) is 26.2. The quantitative estimate of drug-likeness (QED) is 0.288. The lowest BCUT2D eigenvalue weighted by Crippen LogP contribution is -2.57. The smallest absolute Gasteiger partial charge is 0.335 e. The van der Waals surface area contributed by atoms with Crippen LogP contribution in [-0.2, 0) is 11.0 Å². The molecule has 0 N–H and O–H groups in total. The monoisotopic (exact) mass is 595 g/mol. The molecule has 0 radical (unpaired) electrons. The van der Waals surface area contributed by atoms with Gasteiger partial charge in [0.2, 0.25) is 5.91 Å². The number of halogens is 3. The molecule has 0 bridgehead atoms. The molecule has 2 aliphatic heterocycles. The second kappa shape index (κ2) is 12.2. The summed E-state index contributed by atoms with van der Waals surface area (Å²) in [5.74, 6) is -0.0476. The summed E-state index contributed by atoms with van der Waals surface area (Å²) in [6, 6.07) is 8.68. The Kier molecular flexibility index (Phi) is 9.19. The number of nitrogens with zero attached hydrogens (tertiary/aromatic N) is 3. The topological polar surface area (TPSA) is 43.9 Å². The lowest BCUT2D eigenvalue weighted by molar-refractivity contribution is -0.139. The Balaban J connectivity index is 1.75. The SMILES string of the molecule is C=CCC1(CC=C)C[C@H]2[C@H](c3ccc(C)cc3C)N(C(=O)N(C)[C@H](C)c3cc(C(C)C)cc(C(F)(F)F)c3)CCN2C1=O. The molecule has 0 aromatic heterocycles. The van der Waals surface area contributed by atoms with E-state index < -0.39 is 29.2 Å². The second-order valence-corrected chi connectivity index (χ2v) is 12.6. The first-order valence-electron chi connectivity index (χ1n) is 15.0. The first-order chi connectivity index (χ1) is 20.1. The van der Waals surface area contributed by atoms with Gasteiger partial charge in [-0.05, 0) is 80.3 Å².